The Balaban J connectivity index is 1.30. The van der Waals surface area contributed by atoms with E-state index in [-0.39, 0.29) is 16.9 Å². The maximum absolute atomic E-state index is 7.02. The Bertz CT molecular complexity index is 1090. The molecule has 2 aliphatic heterocycles. The molecule has 6 aliphatic rings. The Hall–Kier alpha value is -1.49. The third-order valence-corrected chi connectivity index (χ3v) is 10.7. The predicted molar refractivity (Wildman–Crippen MR) is 129 cm³/mol. The third kappa shape index (κ3) is 2.22. The number of likely N-dealkylation sites (tertiary alicyclic amines) is 1. The van der Waals surface area contributed by atoms with Gasteiger partial charge in [-0.15, -0.1) is 12.6 Å². The lowest BCUT2D eigenvalue weighted by Crippen LogP contribution is -2.78. The second-order valence-electron chi connectivity index (χ2n) is 11.4. The zero-order valence-corrected chi connectivity index (χ0v) is 20.0. The number of thiol groups is 1. The van der Waals surface area contributed by atoms with Crippen molar-refractivity contribution in [1.82, 2.24) is 4.90 Å². The lowest BCUT2D eigenvalue weighted by molar-refractivity contribution is -0.239. The number of likely N-dealkylation sites (N-methyl/N-ethyl adjacent to an activating group) is 1. The molecule has 3 nitrogen and oxygen atoms in total. The van der Waals surface area contributed by atoms with Crippen LogP contribution >= 0.6 is 12.6 Å². The van der Waals surface area contributed by atoms with Crippen LogP contribution in [-0.2, 0) is 23.2 Å². The number of piperidine rings is 1. The minimum absolute atomic E-state index is 0.146. The van der Waals surface area contributed by atoms with Crippen LogP contribution in [0.15, 0.2) is 47.4 Å². The van der Waals surface area contributed by atoms with Crippen molar-refractivity contribution in [2.75, 3.05) is 20.2 Å². The summed E-state index contributed by atoms with van der Waals surface area (Å²) in [5.41, 5.74) is 4.94. The molecule has 0 amide bonds. The van der Waals surface area contributed by atoms with E-state index in [1.807, 2.05) is 0 Å². The first-order valence-corrected chi connectivity index (χ1v) is 12.8. The molecule has 4 aliphatic carbocycles. The predicted octanol–water partition coefficient (Wildman–Crippen LogP) is 5.26. The van der Waals surface area contributed by atoms with Crippen molar-refractivity contribution < 1.29 is 9.47 Å². The van der Waals surface area contributed by atoms with E-state index in [0.29, 0.717) is 24.0 Å². The molecule has 0 unspecified atom stereocenters. The van der Waals surface area contributed by atoms with Crippen LogP contribution < -0.4 is 4.74 Å². The number of fused-ring (bicyclic) bond motifs is 2. The number of hydrogen-bond donors (Lipinski definition) is 1. The molecule has 1 saturated heterocycles. The van der Waals surface area contributed by atoms with Crippen molar-refractivity contribution in [1.29, 1.82) is 0 Å². The maximum atomic E-state index is 7.02. The molecular formula is C28H33NO2S. The van der Waals surface area contributed by atoms with Crippen LogP contribution in [0.25, 0.3) is 0 Å². The topological polar surface area (TPSA) is 21.7 Å². The highest BCUT2D eigenvalue weighted by atomic mass is 32.1. The molecule has 2 spiro atoms. The van der Waals surface area contributed by atoms with Crippen LogP contribution in [0.1, 0.15) is 49.3 Å². The second-order valence-corrected chi connectivity index (χ2v) is 11.9. The SMILES string of the molecule is CN1CC[C@]23c4c5ccc(S)c4O[C@H]2[C@@]2(C)CC[C@@]3(C[C@@H]2COCc2ccccc2)[C@H]1C5. The summed E-state index contributed by atoms with van der Waals surface area (Å²) in [6.45, 7) is 5.22. The Labute approximate surface area is 196 Å². The molecule has 8 rings (SSSR count). The Morgan fingerprint density at radius 2 is 1.97 bits per heavy atom. The quantitative estimate of drug-likeness (QED) is 0.647. The minimum Gasteiger partial charge on any atom is -0.487 e. The van der Waals surface area contributed by atoms with Gasteiger partial charge in [0.25, 0.3) is 0 Å². The van der Waals surface area contributed by atoms with Crippen LogP contribution in [0.2, 0.25) is 0 Å². The number of hydrogen-bond acceptors (Lipinski definition) is 4. The average Bonchev–Trinajstić information content (AvgIpc) is 3.17. The summed E-state index contributed by atoms with van der Waals surface area (Å²) >= 11 is 4.87. The summed E-state index contributed by atoms with van der Waals surface area (Å²) < 4.78 is 13.4. The highest BCUT2D eigenvalue weighted by Gasteiger charge is 2.78. The van der Waals surface area contributed by atoms with Gasteiger partial charge in [-0.05, 0) is 68.8 Å². The van der Waals surface area contributed by atoms with Crippen LogP contribution in [-0.4, -0.2) is 37.2 Å². The van der Waals surface area contributed by atoms with E-state index in [4.69, 9.17) is 22.1 Å². The molecule has 6 atom stereocenters. The molecule has 4 bridgehead atoms. The van der Waals surface area contributed by atoms with Crippen molar-refractivity contribution in [3.8, 4) is 5.75 Å². The van der Waals surface area contributed by atoms with E-state index in [2.05, 4.69) is 61.3 Å². The first-order valence-electron chi connectivity index (χ1n) is 12.3. The zero-order valence-electron chi connectivity index (χ0n) is 19.1. The molecule has 4 fully saturated rings. The van der Waals surface area contributed by atoms with Gasteiger partial charge in [-0.1, -0.05) is 43.3 Å². The molecule has 3 saturated carbocycles. The molecule has 2 aromatic rings. The smallest absolute Gasteiger partial charge is 0.137 e. The summed E-state index contributed by atoms with van der Waals surface area (Å²) in [7, 11) is 2.36. The van der Waals surface area contributed by atoms with Crippen molar-refractivity contribution >= 4 is 12.6 Å². The average molecular weight is 448 g/mol. The Kier molecular flexibility index (Phi) is 4.08. The summed E-state index contributed by atoms with van der Waals surface area (Å²) in [4.78, 5) is 3.70. The molecule has 4 heteroatoms. The van der Waals surface area contributed by atoms with Gasteiger partial charge in [-0.3, -0.25) is 0 Å². The number of ether oxygens (including phenoxy) is 2. The van der Waals surface area contributed by atoms with Crippen molar-refractivity contribution in [3.63, 3.8) is 0 Å². The maximum Gasteiger partial charge on any atom is 0.137 e. The summed E-state index contributed by atoms with van der Waals surface area (Å²) in [5, 5.41) is 0. The molecule has 2 aromatic carbocycles. The Morgan fingerprint density at radius 1 is 1.12 bits per heavy atom. The zero-order chi connectivity index (χ0) is 21.7. The van der Waals surface area contributed by atoms with Gasteiger partial charge in [-0.2, -0.15) is 0 Å². The molecule has 0 aromatic heterocycles. The molecule has 168 valence electrons. The third-order valence-electron chi connectivity index (χ3n) is 10.4. The van der Waals surface area contributed by atoms with Gasteiger partial charge in [-0.25, -0.2) is 0 Å². The molecule has 2 heterocycles. The van der Waals surface area contributed by atoms with Gasteiger partial charge in [0.1, 0.15) is 11.9 Å². The molecule has 0 radical (unpaired) electrons. The number of benzene rings is 2. The first kappa shape index (κ1) is 19.9. The van der Waals surface area contributed by atoms with Crippen LogP contribution in [0.3, 0.4) is 0 Å². The van der Waals surface area contributed by atoms with Crippen LogP contribution in [0, 0.1) is 16.7 Å². The van der Waals surface area contributed by atoms with E-state index < -0.39 is 0 Å². The van der Waals surface area contributed by atoms with Gasteiger partial charge in [0.05, 0.1) is 13.2 Å². The fourth-order valence-corrected chi connectivity index (χ4v) is 9.15. The van der Waals surface area contributed by atoms with Crippen LogP contribution in [0.4, 0.5) is 0 Å². The fraction of sp³-hybridized carbons (Fsp3) is 0.571. The highest BCUT2D eigenvalue weighted by Crippen LogP contribution is 2.77. The van der Waals surface area contributed by atoms with Crippen LogP contribution in [0.5, 0.6) is 5.75 Å². The lowest BCUT2D eigenvalue weighted by atomic mass is 9.33. The van der Waals surface area contributed by atoms with Gasteiger partial charge in [0, 0.05) is 32.7 Å². The van der Waals surface area contributed by atoms with Crippen molar-refractivity contribution in [3.05, 3.63) is 59.2 Å². The monoisotopic (exact) mass is 447 g/mol. The van der Waals surface area contributed by atoms with E-state index in [1.165, 1.54) is 43.4 Å². The first-order chi connectivity index (χ1) is 15.5. The van der Waals surface area contributed by atoms with Gasteiger partial charge < -0.3 is 14.4 Å². The lowest BCUT2D eigenvalue weighted by Gasteiger charge is -2.74. The van der Waals surface area contributed by atoms with E-state index >= 15 is 0 Å². The highest BCUT2D eigenvalue weighted by molar-refractivity contribution is 7.80. The van der Waals surface area contributed by atoms with Gasteiger partial charge >= 0.3 is 0 Å². The normalized spacial score (nSPS) is 40.8. The number of rotatable bonds is 4. The van der Waals surface area contributed by atoms with Crippen molar-refractivity contribution in [2.45, 2.75) is 68.1 Å². The van der Waals surface area contributed by atoms with E-state index in [9.17, 15) is 0 Å². The second kappa shape index (κ2) is 6.55. The molecule has 0 N–H and O–H groups in total. The van der Waals surface area contributed by atoms with E-state index in [0.717, 1.165) is 23.7 Å². The van der Waals surface area contributed by atoms with E-state index in [1.54, 1.807) is 5.56 Å². The van der Waals surface area contributed by atoms with Gasteiger partial charge in [0.2, 0.25) is 0 Å². The number of nitrogens with zero attached hydrogens (tertiary/aromatic N) is 1. The molecular weight excluding hydrogens is 414 g/mol. The Morgan fingerprint density at radius 3 is 2.81 bits per heavy atom. The largest absolute Gasteiger partial charge is 0.487 e. The fourth-order valence-electron chi connectivity index (χ4n) is 8.91. The van der Waals surface area contributed by atoms with Gasteiger partial charge in [0.15, 0.2) is 0 Å². The summed E-state index contributed by atoms with van der Waals surface area (Å²) in [6.07, 6.45) is 6.45. The standard InChI is InChI=1S/C28H33NO2S/c1-26-10-11-27(15-20(26)17-30-16-18-6-4-3-5-7-18)22-14-19-8-9-21(32)24-23(19)28(27,25(26)31-24)12-13-29(22)2/h3-9,20,22,25,32H,10-17H2,1-2H3/t20-,22-,25+,26+,27-,28+/m1/s1. The molecule has 32 heavy (non-hydrogen) atoms. The summed E-state index contributed by atoms with van der Waals surface area (Å²) in [6, 6.07) is 15.7. The summed E-state index contributed by atoms with van der Waals surface area (Å²) in [5.74, 6) is 1.65. The van der Waals surface area contributed by atoms with Crippen molar-refractivity contribution in [2.24, 2.45) is 16.7 Å². The minimum atomic E-state index is 0.146.